The summed E-state index contributed by atoms with van der Waals surface area (Å²) in [5.74, 6) is 4.00. The average molecular weight is 248 g/mol. The summed E-state index contributed by atoms with van der Waals surface area (Å²) in [7, 11) is 2.00. The monoisotopic (exact) mass is 248 g/mol. The fraction of sp³-hybridized carbons (Fsp3) is 0. The molecule has 1 aliphatic heterocycles. The van der Waals surface area contributed by atoms with Crippen molar-refractivity contribution in [2.24, 2.45) is 0 Å². The van der Waals surface area contributed by atoms with Crippen LogP contribution in [0.3, 0.4) is 0 Å². The Balaban J connectivity index is -0.0000000833. The molecular weight excluding hydrogens is 244 g/mol. The zero-order valence-electron chi connectivity index (χ0n) is 4.62. The molecule has 0 amide bonds. The van der Waals surface area contributed by atoms with E-state index in [1.807, 2.05) is 31.4 Å². The van der Waals surface area contributed by atoms with Crippen LogP contribution in [0, 0.1) is 0 Å². The minimum atomic E-state index is 0. The van der Waals surface area contributed by atoms with Crippen LogP contribution in [0.4, 0.5) is 0 Å². The molecule has 1 rings (SSSR count). The average Bonchev–Trinajstić information content (AvgIpc) is 1.76. The summed E-state index contributed by atoms with van der Waals surface area (Å²) >= 11 is 0. The smallest absolute Gasteiger partial charge is 0.117 e. The summed E-state index contributed by atoms with van der Waals surface area (Å²) < 4.78 is 0. The normalized spacial score (nSPS) is 10.0. The van der Waals surface area contributed by atoms with E-state index in [-0.39, 0.29) is 69.9 Å². The molecule has 8 heavy (non-hydrogen) atoms. The molecule has 1 aliphatic rings. The Morgan fingerprint density at radius 3 is 1.50 bits per heavy atom. The van der Waals surface area contributed by atoms with Crippen LogP contribution in [0.25, 0.3) is 0 Å². The standard InChI is InChI=1S/C4H4B.Al.Ga.Y/c1-2-4-5-3-1;;;/h1-4H;;;. The molecule has 8 radical (unpaired) electrons. The molecule has 4 heteroatoms. The van der Waals surface area contributed by atoms with E-state index in [9.17, 15) is 0 Å². The molecule has 0 unspecified atom stereocenters. The maximum Gasteiger partial charge on any atom is 0.171 e. The maximum atomic E-state index is 2.00. The van der Waals surface area contributed by atoms with Crippen molar-refractivity contribution in [3.63, 3.8) is 0 Å². The predicted molar refractivity (Wildman–Crippen MR) is 35.5 cm³/mol. The van der Waals surface area contributed by atoms with Crippen LogP contribution in [-0.2, 0) is 32.7 Å². The van der Waals surface area contributed by atoms with Crippen LogP contribution >= 0.6 is 0 Å². The molecule has 0 N–H and O–H groups in total. The Morgan fingerprint density at radius 2 is 1.38 bits per heavy atom. The van der Waals surface area contributed by atoms with Crippen LogP contribution in [0.2, 0.25) is 0 Å². The number of hydrogen-bond donors (Lipinski definition) is 0. The maximum absolute atomic E-state index is 2.00. The molecule has 0 aromatic heterocycles. The first-order valence-corrected chi connectivity index (χ1v) is 1.67. The Labute approximate surface area is 99.9 Å². The second kappa shape index (κ2) is 11.6. The summed E-state index contributed by atoms with van der Waals surface area (Å²) in [6.07, 6.45) is 4.00. The molecule has 0 bridgehead atoms. The second-order valence-electron chi connectivity index (χ2n) is 0.962. The zero-order chi connectivity index (χ0) is 3.54. The number of rotatable bonds is 0. The van der Waals surface area contributed by atoms with E-state index in [2.05, 4.69) is 0 Å². The molecule has 0 saturated heterocycles. The van der Waals surface area contributed by atoms with Gasteiger partial charge in [0.25, 0.3) is 0 Å². The summed E-state index contributed by atoms with van der Waals surface area (Å²) in [5, 5.41) is 0. The van der Waals surface area contributed by atoms with Gasteiger partial charge in [-0.2, -0.15) is 0 Å². The first-order chi connectivity index (χ1) is 2.50. The molecule has 0 nitrogen and oxygen atoms in total. The second-order valence-corrected chi connectivity index (χ2v) is 0.962. The minimum Gasteiger partial charge on any atom is -0.117 e. The van der Waals surface area contributed by atoms with Gasteiger partial charge in [-0.15, -0.1) is 12.0 Å². The first kappa shape index (κ1) is 16.4. The van der Waals surface area contributed by atoms with E-state index in [0.29, 0.717) is 0 Å². The van der Waals surface area contributed by atoms with Crippen molar-refractivity contribution >= 4 is 44.4 Å². The molecule has 0 aromatic rings. The van der Waals surface area contributed by atoms with Gasteiger partial charge in [-0.1, -0.05) is 12.2 Å². The molecular formula is C4H4AlBGaY. The van der Waals surface area contributed by atoms with Gasteiger partial charge >= 0.3 is 0 Å². The summed E-state index contributed by atoms with van der Waals surface area (Å²) in [6, 6.07) is 0. The Bertz CT molecular complexity index is 74.1. The van der Waals surface area contributed by atoms with Crippen LogP contribution in [0.15, 0.2) is 24.1 Å². The van der Waals surface area contributed by atoms with Gasteiger partial charge in [0.15, 0.2) is 7.28 Å². The van der Waals surface area contributed by atoms with Gasteiger partial charge < -0.3 is 0 Å². The summed E-state index contributed by atoms with van der Waals surface area (Å²) in [6.45, 7) is 0. The molecule has 0 atom stereocenters. The van der Waals surface area contributed by atoms with Crippen LogP contribution in [0.5, 0.6) is 0 Å². The van der Waals surface area contributed by atoms with Gasteiger partial charge in [0, 0.05) is 69.9 Å². The van der Waals surface area contributed by atoms with Gasteiger partial charge in [0.2, 0.25) is 0 Å². The fourth-order valence-corrected chi connectivity index (χ4v) is 0.321. The minimum absolute atomic E-state index is 0. The molecule has 32 valence electrons. The third-order valence-electron chi connectivity index (χ3n) is 0.556. The molecule has 0 fully saturated rings. The van der Waals surface area contributed by atoms with Crippen LogP contribution < -0.4 is 0 Å². The number of hydrogen-bond acceptors (Lipinski definition) is 0. The van der Waals surface area contributed by atoms with Crippen molar-refractivity contribution in [2.75, 3.05) is 0 Å². The Morgan fingerprint density at radius 1 is 1.00 bits per heavy atom. The Kier molecular flexibility index (Phi) is 23.8. The van der Waals surface area contributed by atoms with Gasteiger partial charge in [0.1, 0.15) is 0 Å². The van der Waals surface area contributed by atoms with Crippen molar-refractivity contribution in [1.29, 1.82) is 0 Å². The third kappa shape index (κ3) is 7.82. The van der Waals surface area contributed by atoms with Gasteiger partial charge in [-0.05, 0) is 0 Å². The van der Waals surface area contributed by atoms with Gasteiger partial charge in [0.05, 0.1) is 0 Å². The molecule has 0 aromatic carbocycles. The van der Waals surface area contributed by atoms with E-state index in [1.54, 1.807) is 0 Å². The van der Waals surface area contributed by atoms with Crippen molar-refractivity contribution in [2.45, 2.75) is 0 Å². The first-order valence-electron chi connectivity index (χ1n) is 1.67. The van der Waals surface area contributed by atoms with Gasteiger partial charge in [-0.25, -0.2) is 0 Å². The van der Waals surface area contributed by atoms with Crippen molar-refractivity contribution in [3.05, 3.63) is 24.1 Å². The van der Waals surface area contributed by atoms with E-state index in [0.717, 1.165) is 0 Å². The van der Waals surface area contributed by atoms with Crippen LogP contribution in [-0.4, -0.2) is 44.4 Å². The van der Waals surface area contributed by atoms with Crippen molar-refractivity contribution < 1.29 is 32.7 Å². The summed E-state index contributed by atoms with van der Waals surface area (Å²) in [4.78, 5) is 0. The van der Waals surface area contributed by atoms with E-state index in [1.165, 1.54) is 0 Å². The van der Waals surface area contributed by atoms with Crippen molar-refractivity contribution in [3.8, 4) is 0 Å². The summed E-state index contributed by atoms with van der Waals surface area (Å²) in [5.41, 5.74) is 0. The van der Waals surface area contributed by atoms with E-state index in [4.69, 9.17) is 0 Å². The van der Waals surface area contributed by atoms with Crippen LogP contribution in [0.1, 0.15) is 0 Å². The largest absolute Gasteiger partial charge is 0.171 e. The fourth-order valence-electron chi connectivity index (χ4n) is 0.321. The topological polar surface area (TPSA) is 0 Å². The van der Waals surface area contributed by atoms with Crippen molar-refractivity contribution in [1.82, 2.24) is 0 Å². The van der Waals surface area contributed by atoms with Gasteiger partial charge in [-0.3, -0.25) is 0 Å². The van der Waals surface area contributed by atoms with E-state index >= 15 is 0 Å². The molecule has 0 saturated carbocycles. The van der Waals surface area contributed by atoms with E-state index < -0.39 is 0 Å². The zero-order valence-corrected chi connectivity index (χ0v) is 11.0. The Hall–Kier alpha value is 1.82. The SMILES string of the molecule is [Al].[B]1C=CC=C1.[Ga].[Y]. The predicted octanol–water partition coefficient (Wildman–Crippen LogP) is -0.0325. The molecule has 0 spiro atoms. The number of allylic oxidation sites excluding steroid dienone is 2. The molecule has 1 heterocycles. The quantitative estimate of drug-likeness (QED) is 0.528. The molecule has 0 aliphatic carbocycles. The third-order valence-corrected chi connectivity index (χ3v) is 0.556.